The first-order chi connectivity index (χ1) is 28.5. The summed E-state index contributed by atoms with van der Waals surface area (Å²) in [6, 6.07) is 10.5. The lowest BCUT2D eigenvalue weighted by Gasteiger charge is -2.30. The molecular weight excluding hydrogens is 777 g/mol. The first-order valence-corrected chi connectivity index (χ1v) is 22.5. The topological polar surface area (TPSA) is 195 Å². The Balaban J connectivity index is 1.13. The molecule has 1 saturated heterocycles. The van der Waals surface area contributed by atoms with Gasteiger partial charge in [-0.25, -0.2) is 17.9 Å². The third-order valence-corrected chi connectivity index (χ3v) is 14.4. The Labute approximate surface area is 343 Å². The van der Waals surface area contributed by atoms with E-state index in [-0.39, 0.29) is 31.2 Å². The molecule has 0 bridgehead atoms. The maximum Gasteiger partial charge on any atom is 0.408 e. The average Bonchev–Trinajstić information content (AvgIpc) is 4.09. The van der Waals surface area contributed by atoms with E-state index in [2.05, 4.69) is 20.5 Å². The van der Waals surface area contributed by atoms with E-state index < -0.39 is 74.2 Å². The van der Waals surface area contributed by atoms with Gasteiger partial charge in [0.2, 0.25) is 21.8 Å². The first-order valence-electron chi connectivity index (χ1n) is 21.0. The number of allylic oxidation sites excluding steroid dienone is 1. The fourth-order valence-corrected chi connectivity index (χ4v) is 10.4. The quantitative estimate of drug-likeness (QED) is 0.269. The Morgan fingerprint density at radius 1 is 0.915 bits per heavy atom. The number of hydrogen-bond donors (Lipinski definition) is 3. The molecule has 4 fully saturated rings. The van der Waals surface area contributed by atoms with Crippen LogP contribution in [0, 0.1) is 5.92 Å². The minimum absolute atomic E-state index is 0.0435. The van der Waals surface area contributed by atoms with Gasteiger partial charge in [0.25, 0.3) is 5.91 Å². The first kappa shape index (κ1) is 40.5. The molecule has 314 valence electrons. The number of fused-ring (bicyclic) bond motifs is 3. The summed E-state index contributed by atoms with van der Waals surface area (Å²) in [5, 5.41) is 11.5. The Bertz CT molecular complexity index is 2320. The van der Waals surface area contributed by atoms with Crippen molar-refractivity contribution in [1.29, 1.82) is 0 Å². The van der Waals surface area contributed by atoms with E-state index in [4.69, 9.17) is 9.47 Å². The molecule has 5 atom stereocenters. The van der Waals surface area contributed by atoms with Crippen molar-refractivity contribution >= 4 is 44.6 Å². The number of alkyl carbamates (subject to hydrolysis) is 1. The van der Waals surface area contributed by atoms with Crippen molar-refractivity contribution in [2.75, 3.05) is 13.7 Å². The van der Waals surface area contributed by atoms with Crippen molar-refractivity contribution in [1.82, 2.24) is 30.0 Å². The highest BCUT2D eigenvalue weighted by molar-refractivity contribution is 7.91. The zero-order valence-electron chi connectivity index (χ0n) is 33.3. The molecule has 5 aliphatic rings. The molecule has 3 aliphatic carbocycles. The molecule has 0 radical (unpaired) electrons. The van der Waals surface area contributed by atoms with Crippen LogP contribution in [-0.2, 0) is 29.1 Å². The summed E-state index contributed by atoms with van der Waals surface area (Å²) in [6.45, 7) is -0.116. The molecular formula is C43H52N6O9S. The van der Waals surface area contributed by atoms with Gasteiger partial charge in [0.1, 0.15) is 23.7 Å². The Kier molecular flexibility index (Phi) is 11.5. The van der Waals surface area contributed by atoms with E-state index in [1.807, 2.05) is 54.6 Å². The molecule has 59 heavy (non-hydrogen) atoms. The highest BCUT2D eigenvalue weighted by Crippen LogP contribution is 2.46. The van der Waals surface area contributed by atoms with Crippen LogP contribution in [0.25, 0.3) is 21.9 Å². The smallest absolute Gasteiger partial charge is 0.408 e. The van der Waals surface area contributed by atoms with Crippen molar-refractivity contribution in [2.45, 2.75) is 125 Å². The van der Waals surface area contributed by atoms with Crippen molar-refractivity contribution in [2.24, 2.45) is 5.92 Å². The van der Waals surface area contributed by atoms with E-state index in [9.17, 15) is 32.4 Å². The van der Waals surface area contributed by atoms with Crippen LogP contribution >= 0.6 is 0 Å². The Morgan fingerprint density at radius 3 is 2.44 bits per heavy atom. The van der Waals surface area contributed by atoms with Crippen LogP contribution in [0.2, 0.25) is 0 Å². The molecule has 3 aromatic rings. The number of carbonyl (C=O) groups is 4. The lowest BCUT2D eigenvalue weighted by molar-refractivity contribution is -0.141. The van der Waals surface area contributed by atoms with Gasteiger partial charge < -0.3 is 25.0 Å². The van der Waals surface area contributed by atoms with Gasteiger partial charge in [0.05, 0.1) is 30.2 Å². The molecule has 2 aromatic carbocycles. The number of nitrogens with one attached hydrogen (secondary N) is 3. The van der Waals surface area contributed by atoms with Gasteiger partial charge >= 0.3 is 11.7 Å². The van der Waals surface area contributed by atoms with Crippen LogP contribution in [0.4, 0.5) is 4.79 Å². The number of aromatic nitrogens is 2. The number of methoxy groups -OCH3 is 1. The number of sulfonamides is 1. The van der Waals surface area contributed by atoms with Crippen molar-refractivity contribution < 1.29 is 37.1 Å². The Morgan fingerprint density at radius 2 is 1.66 bits per heavy atom. The van der Waals surface area contributed by atoms with Crippen LogP contribution in [-0.4, -0.2) is 89.5 Å². The zero-order valence-corrected chi connectivity index (χ0v) is 34.1. The standard InChI is InChI=1S/C43H52N6O9S/c1-57-37-34(33-19-12-14-27-13-8-11-18-32(27)33)25-44-49(40(37)52)29-23-36-38(50)46-43(41(53)47-59(55,56)31-21-22-31)24-28(43)15-6-4-2-3-5-7-20-35(39(51)48(36)26-29)45-42(54)58-30-16-9-10-17-30/h6,8,11-15,18-19,25,28-31,35-36H,2-5,7,9-10,16-17,20-24,26H2,1H3,(H,45,54)(H,46,50)(H,47,53)/b15-6-/t28?,29-,35+,36+,43-/m1/s1. The van der Waals surface area contributed by atoms with Gasteiger partial charge in [-0.2, -0.15) is 5.10 Å². The van der Waals surface area contributed by atoms with Crippen LogP contribution in [0.5, 0.6) is 5.75 Å². The van der Waals surface area contributed by atoms with E-state index in [1.54, 1.807) is 6.20 Å². The maximum absolute atomic E-state index is 14.7. The summed E-state index contributed by atoms with van der Waals surface area (Å²) in [5.74, 6) is -2.45. The molecule has 2 aliphatic heterocycles. The fourth-order valence-electron chi connectivity index (χ4n) is 9.03. The zero-order chi connectivity index (χ0) is 41.3. The van der Waals surface area contributed by atoms with Gasteiger partial charge in [-0.1, -0.05) is 73.9 Å². The van der Waals surface area contributed by atoms with Crippen LogP contribution in [0.3, 0.4) is 0 Å². The van der Waals surface area contributed by atoms with Gasteiger partial charge in [0.15, 0.2) is 5.75 Å². The monoisotopic (exact) mass is 828 g/mol. The van der Waals surface area contributed by atoms with Gasteiger partial charge in [-0.15, -0.1) is 0 Å². The second-order valence-corrected chi connectivity index (χ2v) is 18.6. The second-order valence-electron chi connectivity index (χ2n) is 16.6. The Hall–Kier alpha value is -5.25. The highest BCUT2D eigenvalue weighted by atomic mass is 32.2. The summed E-state index contributed by atoms with van der Waals surface area (Å²) < 4.78 is 40.7. The molecule has 3 saturated carbocycles. The third kappa shape index (κ3) is 8.46. The minimum Gasteiger partial charge on any atom is -0.491 e. The van der Waals surface area contributed by atoms with Crippen molar-refractivity contribution in [3.05, 3.63) is 71.2 Å². The number of hydrogen-bond acceptors (Lipinski definition) is 10. The fraction of sp³-hybridized carbons (Fsp3) is 0.535. The number of nitrogens with zero attached hydrogens (tertiary/aromatic N) is 3. The number of ether oxygens (including phenoxy) is 2. The lowest BCUT2D eigenvalue weighted by atomic mass is 9.99. The molecule has 3 N–H and O–H groups in total. The normalized spacial score (nSPS) is 27.3. The van der Waals surface area contributed by atoms with E-state index in [0.29, 0.717) is 31.2 Å². The van der Waals surface area contributed by atoms with Crippen LogP contribution in [0.15, 0.2) is 65.6 Å². The SMILES string of the molecule is COc1c(-c2cccc3ccccc23)cnn([C@@H]2C[C@H]3C(=O)N[C@]4(C(=O)NS(=O)(=O)C5CC5)CC4/C=C\CCCCCC[C@H](NC(=O)OC4CCCC4)C(=O)N3C2)c1=O. The van der Waals surface area contributed by atoms with Crippen molar-refractivity contribution in [3.63, 3.8) is 0 Å². The van der Waals surface area contributed by atoms with E-state index in [1.165, 1.54) is 16.7 Å². The number of amides is 4. The average molecular weight is 829 g/mol. The summed E-state index contributed by atoms with van der Waals surface area (Å²) in [6.07, 6.45) is 13.0. The second kappa shape index (κ2) is 16.8. The predicted molar refractivity (Wildman–Crippen MR) is 219 cm³/mol. The van der Waals surface area contributed by atoms with Crippen LogP contribution in [0.1, 0.15) is 95.9 Å². The summed E-state index contributed by atoms with van der Waals surface area (Å²) in [5.41, 5.74) is -0.881. The molecule has 16 heteroatoms. The van der Waals surface area contributed by atoms with E-state index >= 15 is 0 Å². The largest absolute Gasteiger partial charge is 0.491 e. The molecule has 0 spiro atoms. The predicted octanol–water partition coefficient (Wildman–Crippen LogP) is 4.65. The van der Waals surface area contributed by atoms with Gasteiger partial charge in [-0.05, 0) is 80.5 Å². The molecule has 1 unspecified atom stereocenters. The number of rotatable bonds is 8. The molecule has 1 aromatic heterocycles. The molecule has 4 amide bonds. The maximum atomic E-state index is 14.7. The molecule has 3 heterocycles. The summed E-state index contributed by atoms with van der Waals surface area (Å²) in [4.78, 5) is 72.1. The number of benzene rings is 2. The van der Waals surface area contributed by atoms with Gasteiger partial charge in [-0.3, -0.25) is 23.9 Å². The van der Waals surface area contributed by atoms with Crippen molar-refractivity contribution in [3.8, 4) is 16.9 Å². The number of carbonyl (C=O) groups excluding carboxylic acids is 4. The molecule has 15 nitrogen and oxygen atoms in total. The minimum atomic E-state index is -3.93. The van der Waals surface area contributed by atoms with Crippen LogP contribution < -0.4 is 25.7 Å². The van der Waals surface area contributed by atoms with Gasteiger partial charge in [0, 0.05) is 18.9 Å². The summed E-state index contributed by atoms with van der Waals surface area (Å²) >= 11 is 0. The van der Waals surface area contributed by atoms with E-state index in [0.717, 1.165) is 67.7 Å². The lowest BCUT2D eigenvalue weighted by Crippen LogP contribution is -2.58. The highest BCUT2D eigenvalue weighted by Gasteiger charge is 2.62. The third-order valence-electron chi connectivity index (χ3n) is 12.6. The molecule has 8 rings (SSSR count). The summed E-state index contributed by atoms with van der Waals surface area (Å²) in [7, 11) is -2.52.